The molecule has 2 aliphatic rings. The highest BCUT2D eigenvalue weighted by molar-refractivity contribution is 4.91. The summed E-state index contributed by atoms with van der Waals surface area (Å²) in [6.45, 7) is 6.81. The first kappa shape index (κ1) is 15.2. The molecule has 0 amide bonds. The lowest BCUT2D eigenvalue weighted by atomic mass is 9.87. The minimum Gasteiger partial charge on any atom is -0.376 e. The molecule has 2 atom stereocenters. The second kappa shape index (κ2) is 7.02. The molecule has 0 bridgehead atoms. The smallest absolute Gasteiger partial charge is 0.171 e. The van der Waals surface area contributed by atoms with Crippen molar-refractivity contribution in [1.29, 1.82) is 0 Å². The van der Waals surface area contributed by atoms with Crippen LogP contribution in [-0.4, -0.2) is 44.8 Å². The second-order valence-electron chi connectivity index (χ2n) is 6.19. The summed E-state index contributed by atoms with van der Waals surface area (Å²) in [7, 11) is 2.02. The van der Waals surface area contributed by atoms with Gasteiger partial charge < -0.3 is 19.5 Å². The monoisotopic (exact) mass is 271 g/mol. The average molecular weight is 271 g/mol. The van der Waals surface area contributed by atoms with Crippen molar-refractivity contribution >= 4 is 0 Å². The molecule has 0 aromatic heterocycles. The van der Waals surface area contributed by atoms with Gasteiger partial charge in [-0.1, -0.05) is 13.8 Å². The van der Waals surface area contributed by atoms with E-state index < -0.39 is 0 Å². The number of nitrogens with one attached hydrogen (secondary N) is 1. The maximum atomic E-state index is 6.10. The topological polar surface area (TPSA) is 39.7 Å². The summed E-state index contributed by atoms with van der Waals surface area (Å²) in [5, 5.41) is 3.37. The van der Waals surface area contributed by atoms with Crippen molar-refractivity contribution in [2.24, 2.45) is 5.92 Å². The van der Waals surface area contributed by atoms with Crippen molar-refractivity contribution in [1.82, 2.24) is 5.32 Å². The van der Waals surface area contributed by atoms with Gasteiger partial charge in [0.1, 0.15) is 0 Å². The maximum Gasteiger partial charge on any atom is 0.171 e. The van der Waals surface area contributed by atoms with Crippen LogP contribution in [-0.2, 0) is 14.2 Å². The summed E-state index contributed by atoms with van der Waals surface area (Å²) in [4.78, 5) is 0. The zero-order valence-electron chi connectivity index (χ0n) is 12.6. The molecule has 1 aliphatic heterocycles. The Labute approximate surface area is 117 Å². The number of hydrogen-bond acceptors (Lipinski definition) is 4. The van der Waals surface area contributed by atoms with Gasteiger partial charge in [0.25, 0.3) is 0 Å². The fraction of sp³-hybridized carbons (Fsp3) is 1.00. The summed E-state index contributed by atoms with van der Waals surface area (Å²) >= 11 is 0. The van der Waals surface area contributed by atoms with E-state index in [0.717, 1.165) is 51.4 Å². The summed E-state index contributed by atoms with van der Waals surface area (Å²) in [6, 6.07) is 0.428. The van der Waals surface area contributed by atoms with Crippen LogP contribution in [0.2, 0.25) is 0 Å². The molecule has 19 heavy (non-hydrogen) atoms. The first-order valence-corrected chi connectivity index (χ1v) is 7.72. The molecular formula is C15H29NO3. The average Bonchev–Trinajstić information content (AvgIpc) is 2.83. The van der Waals surface area contributed by atoms with Crippen LogP contribution < -0.4 is 5.32 Å². The molecule has 112 valence electrons. The Morgan fingerprint density at radius 2 is 2.05 bits per heavy atom. The molecule has 0 aromatic carbocycles. The minimum absolute atomic E-state index is 0.212. The predicted molar refractivity (Wildman–Crippen MR) is 75.1 cm³/mol. The summed E-state index contributed by atoms with van der Waals surface area (Å²) < 4.78 is 17.7. The fourth-order valence-electron chi connectivity index (χ4n) is 3.10. The molecule has 0 radical (unpaired) electrons. The Morgan fingerprint density at radius 3 is 2.68 bits per heavy atom. The van der Waals surface area contributed by atoms with Crippen LogP contribution in [0.3, 0.4) is 0 Å². The molecule has 2 fully saturated rings. The number of rotatable bonds is 6. The van der Waals surface area contributed by atoms with Gasteiger partial charge in [-0.05, 0) is 32.2 Å². The third kappa shape index (κ3) is 4.15. The van der Waals surface area contributed by atoms with E-state index in [0.29, 0.717) is 6.04 Å². The van der Waals surface area contributed by atoms with E-state index in [2.05, 4.69) is 19.2 Å². The number of ether oxygens (including phenoxy) is 3. The van der Waals surface area contributed by atoms with Crippen LogP contribution in [0.25, 0.3) is 0 Å². The lowest BCUT2D eigenvalue weighted by Crippen LogP contribution is -2.51. The highest BCUT2D eigenvalue weighted by Gasteiger charge is 2.45. The summed E-state index contributed by atoms with van der Waals surface area (Å²) in [6.07, 6.45) is 5.48. The summed E-state index contributed by atoms with van der Waals surface area (Å²) in [5.74, 6) is 0.402. The van der Waals surface area contributed by atoms with Crippen LogP contribution in [0.4, 0.5) is 0 Å². The van der Waals surface area contributed by atoms with Gasteiger partial charge in [0.15, 0.2) is 5.79 Å². The Morgan fingerprint density at radius 1 is 1.32 bits per heavy atom. The largest absolute Gasteiger partial charge is 0.376 e. The van der Waals surface area contributed by atoms with Crippen LogP contribution in [0.15, 0.2) is 0 Å². The summed E-state index contributed by atoms with van der Waals surface area (Å²) in [5.41, 5.74) is 0. The van der Waals surface area contributed by atoms with Gasteiger partial charge in [-0.15, -0.1) is 0 Å². The molecule has 0 aromatic rings. The number of likely N-dealkylation sites (N-methyl/N-ethyl adjacent to an activating group) is 1. The van der Waals surface area contributed by atoms with Crippen LogP contribution in [0, 0.1) is 5.92 Å². The van der Waals surface area contributed by atoms with Crippen LogP contribution in [0.5, 0.6) is 0 Å². The minimum atomic E-state index is -0.351. The van der Waals surface area contributed by atoms with Gasteiger partial charge in [0.2, 0.25) is 0 Å². The molecule has 1 heterocycles. The van der Waals surface area contributed by atoms with E-state index in [9.17, 15) is 0 Å². The molecule has 1 spiro atoms. The van der Waals surface area contributed by atoms with E-state index >= 15 is 0 Å². The zero-order chi connectivity index (χ0) is 13.7. The van der Waals surface area contributed by atoms with Crippen LogP contribution in [0.1, 0.15) is 46.0 Å². The van der Waals surface area contributed by atoms with E-state index in [1.54, 1.807) is 0 Å². The van der Waals surface area contributed by atoms with Gasteiger partial charge in [0, 0.05) is 25.5 Å². The zero-order valence-corrected chi connectivity index (χ0v) is 12.6. The first-order chi connectivity index (χ1) is 9.15. The Kier molecular flexibility index (Phi) is 5.63. The second-order valence-corrected chi connectivity index (χ2v) is 6.19. The van der Waals surface area contributed by atoms with Crippen LogP contribution >= 0.6 is 0 Å². The molecule has 2 unspecified atom stereocenters. The molecule has 2 rings (SSSR count). The predicted octanol–water partition coefficient (Wildman–Crippen LogP) is 2.32. The lowest BCUT2D eigenvalue weighted by molar-refractivity contribution is -0.206. The molecule has 1 saturated heterocycles. The first-order valence-electron chi connectivity index (χ1n) is 7.72. The Bertz CT molecular complexity index is 264. The van der Waals surface area contributed by atoms with Gasteiger partial charge >= 0.3 is 0 Å². The van der Waals surface area contributed by atoms with Gasteiger partial charge in [-0.25, -0.2) is 0 Å². The third-order valence-corrected chi connectivity index (χ3v) is 4.24. The van der Waals surface area contributed by atoms with Crippen molar-refractivity contribution in [3.8, 4) is 0 Å². The quantitative estimate of drug-likeness (QED) is 0.753. The molecule has 1 N–H and O–H groups in total. The van der Waals surface area contributed by atoms with Gasteiger partial charge in [-0.2, -0.15) is 0 Å². The van der Waals surface area contributed by atoms with Crippen molar-refractivity contribution in [3.63, 3.8) is 0 Å². The highest BCUT2D eigenvalue weighted by atomic mass is 16.7. The highest BCUT2D eigenvalue weighted by Crippen LogP contribution is 2.37. The van der Waals surface area contributed by atoms with Crippen molar-refractivity contribution in [3.05, 3.63) is 0 Å². The fourth-order valence-corrected chi connectivity index (χ4v) is 3.10. The Balaban J connectivity index is 1.80. The Hall–Kier alpha value is -0.160. The van der Waals surface area contributed by atoms with E-state index in [4.69, 9.17) is 14.2 Å². The van der Waals surface area contributed by atoms with Crippen molar-refractivity contribution in [2.75, 3.05) is 26.9 Å². The van der Waals surface area contributed by atoms with Crippen molar-refractivity contribution in [2.45, 2.75) is 63.9 Å². The van der Waals surface area contributed by atoms with Gasteiger partial charge in [0.05, 0.1) is 19.3 Å². The van der Waals surface area contributed by atoms with E-state index in [1.165, 1.54) is 6.42 Å². The molecule has 1 saturated carbocycles. The standard InChI is InChI=1S/C15H29NO3/c1-12(2)5-4-8-17-14-11-15(18-9-10-19-15)7-6-13(14)16-3/h12-14,16H,4-11H2,1-3H3. The SMILES string of the molecule is CNC1CCC2(CC1OCCCC(C)C)OCCO2. The molecule has 1 aliphatic carbocycles. The molecule has 4 nitrogen and oxygen atoms in total. The van der Waals surface area contributed by atoms with Gasteiger partial charge in [-0.3, -0.25) is 0 Å². The van der Waals surface area contributed by atoms with E-state index in [-0.39, 0.29) is 11.9 Å². The van der Waals surface area contributed by atoms with E-state index in [1.807, 2.05) is 7.05 Å². The molecule has 4 heteroatoms. The lowest BCUT2D eigenvalue weighted by Gasteiger charge is -2.40. The van der Waals surface area contributed by atoms with Crippen molar-refractivity contribution < 1.29 is 14.2 Å². The number of hydrogen-bond donors (Lipinski definition) is 1. The third-order valence-electron chi connectivity index (χ3n) is 4.24. The normalized spacial score (nSPS) is 30.3. The molecular weight excluding hydrogens is 242 g/mol. The maximum absolute atomic E-state index is 6.10.